The van der Waals surface area contributed by atoms with Crippen molar-refractivity contribution in [2.75, 3.05) is 0 Å². The van der Waals surface area contributed by atoms with Crippen LogP contribution in [0.15, 0.2) is 45.9 Å². The maximum absolute atomic E-state index is 12.0. The van der Waals surface area contributed by atoms with Crippen molar-refractivity contribution in [1.82, 2.24) is 10.2 Å². The van der Waals surface area contributed by atoms with Gasteiger partial charge in [-0.05, 0) is 12.1 Å². The molecule has 0 aliphatic rings. The maximum Gasteiger partial charge on any atom is 0.202 e. The molecule has 0 unspecified atom stereocenters. The molecule has 4 nitrogen and oxygen atoms in total. The van der Waals surface area contributed by atoms with Crippen LogP contribution < -0.4 is 5.43 Å². The molecule has 3 aromatic rings. The summed E-state index contributed by atoms with van der Waals surface area (Å²) in [4.78, 5) is 12.0. The quantitative estimate of drug-likeness (QED) is 0.516. The van der Waals surface area contributed by atoms with E-state index in [1.54, 1.807) is 18.2 Å². The van der Waals surface area contributed by atoms with Gasteiger partial charge in [-0.2, -0.15) is 10.2 Å². The van der Waals surface area contributed by atoms with Gasteiger partial charge in [-0.1, -0.05) is 12.1 Å². The van der Waals surface area contributed by atoms with Gasteiger partial charge >= 0.3 is 0 Å². The monoisotopic (exact) mass is 198 g/mol. The fourth-order valence-corrected chi connectivity index (χ4v) is 1.57. The molecule has 0 N–H and O–H groups in total. The van der Waals surface area contributed by atoms with Crippen LogP contribution in [0, 0.1) is 0 Å². The Morgan fingerprint density at radius 3 is 2.67 bits per heavy atom. The molecule has 0 aliphatic carbocycles. The van der Waals surface area contributed by atoms with Gasteiger partial charge in [0.05, 0.1) is 23.2 Å². The number of nitrogens with zero attached hydrogens (tertiary/aromatic N) is 2. The average Bonchev–Trinajstić information content (AvgIpc) is 2.30. The molecule has 2 aromatic heterocycles. The van der Waals surface area contributed by atoms with E-state index in [-0.39, 0.29) is 5.43 Å². The zero-order valence-electron chi connectivity index (χ0n) is 7.68. The van der Waals surface area contributed by atoms with Crippen molar-refractivity contribution in [3.63, 3.8) is 0 Å². The van der Waals surface area contributed by atoms with Gasteiger partial charge in [-0.25, -0.2) is 0 Å². The lowest BCUT2D eigenvalue weighted by atomic mass is 10.2. The van der Waals surface area contributed by atoms with Crippen molar-refractivity contribution in [2.45, 2.75) is 0 Å². The van der Waals surface area contributed by atoms with Gasteiger partial charge in [0, 0.05) is 0 Å². The second kappa shape index (κ2) is 2.88. The first kappa shape index (κ1) is 8.11. The molecule has 0 amide bonds. The fraction of sp³-hybridized carbons (Fsp3) is 0. The Morgan fingerprint density at radius 1 is 0.933 bits per heavy atom. The molecule has 3 rings (SSSR count). The van der Waals surface area contributed by atoms with Crippen molar-refractivity contribution >= 4 is 21.9 Å². The lowest BCUT2D eigenvalue weighted by molar-refractivity contribution is 0.655. The van der Waals surface area contributed by atoms with E-state index in [0.29, 0.717) is 21.9 Å². The fourth-order valence-electron chi connectivity index (χ4n) is 1.57. The van der Waals surface area contributed by atoms with Crippen LogP contribution in [-0.4, -0.2) is 10.2 Å². The molecule has 2 heterocycles. The highest BCUT2D eigenvalue weighted by molar-refractivity contribution is 5.88. The molecule has 1 aromatic carbocycles. The number of rotatable bonds is 0. The molecule has 0 aliphatic heterocycles. The summed E-state index contributed by atoms with van der Waals surface area (Å²) in [6.07, 6.45) is 2.87. The van der Waals surface area contributed by atoms with Gasteiger partial charge < -0.3 is 4.42 Å². The third kappa shape index (κ3) is 1.11. The Bertz CT molecular complexity index is 646. The van der Waals surface area contributed by atoms with Crippen LogP contribution in [0.1, 0.15) is 0 Å². The standard InChI is InChI=1S/C11H6N2O2/c14-11-7-3-1-2-4-9(7)15-10-6-13-12-5-8(10)11/h1-6H. The first-order valence-electron chi connectivity index (χ1n) is 4.48. The minimum atomic E-state index is -0.0678. The molecule has 0 radical (unpaired) electrons. The Labute approximate surface area is 84.2 Å². The zero-order valence-corrected chi connectivity index (χ0v) is 7.68. The third-order valence-corrected chi connectivity index (χ3v) is 2.29. The molecule has 0 saturated heterocycles. The summed E-state index contributed by atoms with van der Waals surface area (Å²) in [6, 6.07) is 7.13. The van der Waals surface area contributed by atoms with Gasteiger partial charge in [0.25, 0.3) is 0 Å². The molecule has 4 heteroatoms. The van der Waals surface area contributed by atoms with E-state index in [0.717, 1.165) is 0 Å². The van der Waals surface area contributed by atoms with Gasteiger partial charge in [0.1, 0.15) is 5.58 Å². The van der Waals surface area contributed by atoms with E-state index >= 15 is 0 Å². The zero-order chi connectivity index (χ0) is 10.3. The van der Waals surface area contributed by atoms with Crippen LogP contribution >= 0.6 is 0 Å². The van der Waals surface area contributed by atoms with Gasteiger partial charge in [0.15, 0.2) is 5.58 Å². The second-order valence-corrected chi connectivity index (χ2v) is 3.19. The van der Waals surface area contributed by atoms with Crippen LogP contribution in [0.4, 0.5) is 0 Å². The molecule has 15 heavy (non-hydrogen) atoms. The lowest BCUT2D eigenvalue weighted by Gasteiger charge is -1.98. The van der Waals surface area contributed by atoms with Crippen molar-refractivity contribution in [3.05, 3.63) is 46.9 Å². The molecular formula is C11H6N2O2. The van der Waals surface area contributed by atoms with E-state index in [2.05, 4.69) is 10.2 Å². The number of benzene rings is 1. The maximum atomic E-state index is 12.0. The van der Waals surface area contributed by atoms with Crippen molar-refractivity contribution < 1.29 is 4.42 Å². The molecule has 0 saturated carbocycles. The largest absolute Gasteiger partial charge is 0.454 e. The predicted molar refractivity (Wildman–Crippen MR) is 55.6 cm³/mol. The molecule has 0 atom stereocenters. The first-order chi connectivity index (χ1) is 7.36. The van der Waals surface area contributed by atoms with Crippen LogP contribution in [0.3, 0.4) is 0 Å². The molecule has 0 bridgehead atoms. The molecule has 0 fully saturated rings. The summed E-state index contributed by atoms with van der Waals surface area (Å²) < 4.78 is 5.52. The minimum Gasteiger partial charge on any atom is -0.454 e. The van der Waals surface area contributed by atoms with Gasteiger partial charge in [0.2, 0.25) is 5.43 Å². The van der Waals surface area contributed by atoms with Gasteiger partial charge in [-0.3, -0.25) is 4.79 Å². The van der Waals surface area contributed by atoms with Crippen molar-refractivity contribution in [3.8, 4) is 0 Å². The highest BCUT2D eigenvalue weighted by atomic mass is 16.3. The van der Waals surface area contributed by atoms with E-state index in [4.69, 9.17) is 4.42 Å². The summed E-state index contributed by atoms with van der Waals surface area (Å²) >= 11 is 0. The summed E-state index contributed by atoms with van der Waals surface area (Å²) in [5.41, 5.74) is 0.971. The topological polar surface area (TPSA) is 56.0 Å². The van der Waals surface area contributed by atoms with Crippen LogP contribution in [-0.2, 0) is 0 Å². The lowest BCUT2D eigenvalue weighted by Crippen LogP contribution is -2.02. The van der Waals surface area contributed by atoms with Crippen LogP contribution in [0.25, 0.3) is 21.9 Å². The molecule has 0 spiro atoms. The number of para-hydroxylation sites is 1. The average molecular weight is 198 g/mol. The molecular weight excluding hydrogens is 192 g/mol. The van der Waals surface area contributed by atoms with Crippen molar-refractivity contribution in [2.24, 2.45) is 0 Å². The predicted octanol–water partition coefficient (Wildman–Crippen LogP) is 1.74. The van der Waals surface area contributed by atoms with E-state index in [1.165, 1.54) is 12.4 Å². The van der Waals surface area contributed by atoms with Crippen LogP contribution in [0.2, 0.25) is 0 Å². The third-order valence-electron chi connectivity index (χ3n) is 2.29. The number of fused-ring (bicyclic) bond motifs is 2. The summed E-state index contributed by atoms with van der Waals surface area (Å²) in [5.74, 6) is 0. The summed E-state index contributed by atoms with van der Waals surface area (Å²) in [7, 11) is 0. The van der Waals surface area contributed by atoms with Crippen molar-refractivity contribution in [1.29, 1.82) is 0 Å². The number of hydrogen-bond acceptors (Lipinski definition) is 4. The van der Waals surface area contributed by atoms with E-state index in [9.17, 15) is 4.79 Å². The van der Waals surface area contributed by atoms with E-state index in [1.807, 2.05) is 6.07 Å². The smallest absolute Gasteiger partial charge is 0.202 e. The Kier molecular flexibility index (Phi) is 1.56. The minimum absolute atomic E-state index is 0.0678. The SMILES string of the molecule is O=c1c2ccccc2oc2cnncc12. The van der Waals surface area contributed by atoms with Crippen LogP contribution in [0.5, 0.6) is 0 Å². The second-order valence-electron chi connectivity index (χ2n) is 3.19. The molecule has 72 valence electrons. The Morgan fingerprint density at radius 2 is 1.73 bits per heavy atom. The van der Waals surface area contributed by atoms with E-state index < -0.39 is 0 Å². The summed E-state index contributed by atoms with van der Waals surface area (Å²) in [6.45, 7) is 0. The number of hydrogen-bond donors (Lipinski definition) is 0. The highest BCUT2D eigenvalue weighted by Gasteiger charge is 2.06. The Hall–Kier alpha value is -2.23. The highest BCUT2D eigenvalue weighted by Crippen LogP contribution is 2.15. The first-order valence-corrected chi connectivity index (χ1v) is 4.48. The van der Waals surface area contributed by atoms with Gasteiger partial charge in [-0.15, -0.1) is 0 Å². The number of aromatic nitrogens is 2. The normalized spacial score (nSPS) is 10.9. The summed E-state index contributed by atoms with van der Waals surface area (Å²) in [5, 5.41) is 8.38. The Balaban J connectivity index is 2.66.